The second-order valence-corrected chi connectivity index (χ2v) is 8.17. The number of carbonyl (C=O) groups excluding carboxylic acids is 1. The first-order valence-corrected chi connectivity index (χ1v) is 9.46. The number of aromatic carboxylic acids is 1. The molecule has 8 nitrogen and oxygen atoms in total. The number of rotatable bonds is 4. The molecule has 2 saturated heterocycles. The molecule has 0 aliphatic carbocycles. The van der Waals surface area contributed by atoms with Crippen molar-refractivity contribution in [1.82, 2.24) is 13.8 Å². The van der Waals surface area contributed by atoms with Crippen molar-refractivity contribution in [2.24, 2.45) is 7.05 Å². The van der Waals surface area contributed by atoms with Crippen molar-refractivity contribution in [2.45, 2.75) is 36.6 Å². The van der Waals surface area contributed by atoms with Gasteiger partial charge in [-0.15, -0.1) is 0 Å². The number of aromatic nitrogens is 1. The summed E-state index contributed by atoms with van der Waals surface area (Å²) >= 11 is 0. The normalized spacial score (nSPS) is 22.2. The fourth-order valence-electron chi connectivity index (χ4n) is 3.45. The molecule has 0 radical (unpaired) electrons. The van der Waals surface area contributed by atoms with Crippen molar-refractivity contribution < 1.29 is 23.1 Å². The monoisotopic (exact) mass is 355 g/mol. The number of carbonyl (C=O) groups is 2. The fourth-order valence-corrected chi connectivity index (χ4v) is 5.17. The molecule has 0 spiro atoms. The molecular weight excluding hydrogens is 334 g/mol. The number of amides is 1. The molecule has 0 unspecified atom stereocenters. The van der Waals surface area contributed by atoms with Crippen LogP contribution in [-0.2, 0) is 21.9 Å². The summed E-state index contributed by atoms with van der Waals surface area (Å²) in [6, 6.07) is 0.467. The second-order valence-electron chi connectivity index (χ2n) is 6.28. The fraction of sp³-hybridized carbons (Fsp3) is 0.600. The molecule has 0 bridgehead atoms. The van der Waals surface area contributed by atoms with E-state index in [4.69, 9.17) is 5.11 Å². The van der Waals surface area contributed by atoms with Crippen molar-refractivity contribution >= 4 is 21.9 Å². The van der Waals surface area contributed by atoms with Gasteiger partial charge in [0.1, 0.15) is 16.6 Å². The Kier molecular flexibility index (Phi) is 4.39. The van der Waals surface area contributed by atoms with E-state index in [0.717, 1.165) is 18.9 Å². The highest BCUT2D eigenvalue weighted by Crippen LogP contribution is 2.29. The van der Waals surface area contributed by atoms with Crippen LogP contribution in [0.5, 0.6) is 0 Å². The molecule has 3 heterocycles. The number of hydrogen-bond acceptors (Lipinski definition) is 4. The van der Waals surface area contributed by atoms with Crippen LogP contribution in [0.2, 0.25) is 0 Å². The maximum Gasteiger partial charge on any atom is 0.352 e. The molecule has 1 aromatic rings. The molecule has 0 aromatic carbocycles. The van der Waals surface area contributed by atoms with Crippen LogP contribution in [0.25, 0.3) is 0 Å². The van der Waals surface area contributed by atoms with Crippen molar-refractivity contribution in [2.75, 3.05) is 19.6 Å². The summed E-state index contributed by atoms with van der Waals surface area (Å²) in [7, 11) is -2.41. The predicted molar refractivity (Wildman–Crippen MR) is 85.1 cm³/mol. The highest BCUT2D eigenvalue weighted by atomic mass is 32.2. The zero-order valence-corrected chi connectivity index (χ0v) is 14.3. The minimum atomic E-state index is -3.90. The predicted octanol–water partition coefficient (Wildman–Crippen LogP) is 0.499. The number of aryl methyl sites for hydroxylation is 1. The van der Waals surface area contributed by atoms with Crippen molar-refractivity contribution in [3.8, 4) is 0 Å². The first kappa shape index (κ1) is 17.0. The third-order valence-corrected chi connectivity index (χ3v) is 6.59. The van der Waals surface area contributed by atoms with Gasteiger partial charge in [0.2, 0.25) is 15.9 Å². The van der Waals surface area contributed by atoms with Crippen LogP contribution in [0.4, 0.5) is 0 Å². The summed E-state index contributed by atoms with van der Waals surface area (Å²) in [5.74, 6) is -1.33. The topological polar surface area (TPSA) is 99.9 Å². The minimum absolute atomic E-state index is 0.0801. The molecule has 1 atom stereocenters. The van der Waals surface area contributed by atoms with Gasteiger partial charge in [0.15, 0.2) is 0 Å². The van der Waals surface area contributed by atoms with Gasteiger partial charge >= 0.3 is 5.97 Å². The van der Waals surface area contributed by atoms with Crippen molar-refractivity contribution in [3.63, 3.8) is 0 Å². The highest BCUT2D eigenvalue weighted by molar-refractivity contribution is 7.89. The number of likely N-dealkylation sites (tertiary alicyclic amines) is 1. The highest BCUT2D eigenvalue weighted by Gasteiger charge is 2.42. The van der Waals surface area contributed by atoms with E-state index in [2.05, 4.69) is 0 Å². The molecule has 9 heteroatoms. The third kappa shape index (κ3) is 2.82. The van der Waals surface area contributed by atoms with Gasteiger partial charge in [0, 0.05) is 32.9 Å². The van der Waals surface area contributed by atoms with Gasteiger partial charge in [-0.25, -0.2) is 13.2 Å². The lowest BCUT2D eigenvalue weighted by Crippen LogP contribution is -2.46. The van der Waals surface area contributed by atoms with Crippen LogP contribution in [0.15, 0.2) is 17.2 Å². The van der Waals surface area contributed by atoms with E-state index in [0.29, 0.717) is 25.9 Å². The number of nitrogens with zero attached hydrogens (tertiary/aromatic N) is 3. The van der Waals surface area contributed by atoms with Crippen LogP contribution in [0, 0.1) is 0 Å². The molecule has 2 aliphatic rings. The number of sulfonamides is 1. The minimum Gasteiger partial charge on any atom is -0.477 e. The SMILES string of the molecule is Cn1cc(S(=O)(=O)N2CCC[C@H]2C(=O)N2CCCC2)cc1C(=O)O. The average Bonchev–Trinajstić information content (AvgIpc) is 3.26. The van der Waals surface area contributed by atoms with Gasteiger partial charge < -0.3 is 14.6 Å². The summed E-state index contributed by atoms with van der Waals surface area (Å²) in [6.45, 7) is 1.64. The summed E-state index contributed by atoms with van der Waals surface area (Å²) in [6.07, 6.45) is 4.32. The van der Waals surface area contributed by atoms with Gasteiger partial charge in [0.25, 0.3) is 0 Å². The van der Waals surface area contributed by atoms with Gasteiger partial charge in [-0.1, -0.05) is 0 Å². The van der Waals surface area contributed by atoms with Crippen LogP contribution in [-0.4, -0.2) is 64.8 Å². The Balaban J connectivity index is 1.89. The molecule has 1 amide bonds. The lowest BCUT2D eigenvalue weighted by molar-refractivity contribution is -0.133. The van der Waals surface area contributed by atoms with Gasteiger partial charge in [0.05, 0.1) is 0 Å². The van der Waals surface area contributed by atoms with E-state index in [1.54, 1.807) is 4.90 Å². The Morgan fingerprint density at radius 1 is 1.17 bits per heavy atom. The summed E-state index contributed by atoms with van der Waals surface area (Å²) in [5.41, 5.74) is -0.102. The van der Waals surface area contributed by atoms with Crippen molar-refractivity contribution in [3.05, 3.63) is 18.0 Å². The van der Waals surface area contributed by atoms with Crippen LogP contribution in [0.1, 0.15) is 36.2 Å². The lowest BCUT2D eigenvalue weighted by atomic mass is 10.2. The van der Waals surface area contributed by atoms with Crippen LogP contribution in [0.3, 0.4) is 0 Å². The Morgan fingerprint density at radius 3 is 2.42 bits per heavy atom. The van der Waals surface area contributed by atoms with E-state index in [1.165, 1.54) is 22.1 Å². The first-order chi connectivity index (χ1) is 11.3. The first-order valence-electron chi connectivity index (χ1n) is 8.02. The zero-order valence-electron chi connectivity index (χ0n) is 13.5. The quantitative estimate of drug-likeness (QED) is 0.848. The maximum absolute atomic E-state index is 12.9. The van der Waals surface area contributed by atoms with E-state index >= 15 is 0 Å². The Hall–Kier alpha value is -1.87. The summed E-state index contributed by atoms with van der Waals surface area (Å²) < 4.78 is 28.3. The third-order valence-electron chi connectivity index (χ3n) is 4.71. The standard InChI is InChI=1S/C15H21N3O5S/c1-16-10-11(9-13(16)15(20)21)24(22,23)18-8-4-5-12(18)14(19)17-6-2-3-7-17/h9-10,12H,2-8H2,1H3,(H,20,21)/t12-/m0/s1. The van der Waals surface area contributed by atoms with Gasteiger partial charge in [-0.3, -0.25) is 4.79 Å². The zero-order chi connectivity index (χ0) is 17.5. The lowest BCUT2D eigenvalue weighted by Gasteiger charge is -2.26. The molecule has 1 aromatic heterocycles. The molecule has 2 fully saturated rings. The molecule has 1 N–H and O–H groups in total. The Morgan fingerprint density at radius 2 is 1.83 bits per heavy atom. The number of carboxylic acids is 1. The molecule has 2 aliphatic heterocycles. The smallest absolute Gasteiger partial charge is 0.352 e. The van der Waals surface area contributed by atoms with E-state index in [9.17, 15) is 18.0 Å². The summed E-state index contributed by atoms with van der Waals surface area (Å²) in [5, 5.41) is 9.10. The van der Waals surface area contributed by atoms with E-state index < -0.39 is 22.0 Å². The molecule has 3 rings (SSSR count). The maximum atomic E-state index is 12.9. The molecular formula is C15H21N3O5S. The van der Waals surface area contributed by atoms with Gasteiger partial charge in [-0.2, -0.15) is 4.31 Å². The second kappa shape index (κ2) is 6.21. The van der Waals surface area contributed by atoms with Gasteiger partial charge in [-0.05, 0) is 31.7 Å². The van der Waals surface area contributed by atoms with E-state index in [-0.39, 0.29) is 23.0 Å². The number of hydrogen-bond donors (Lipinski definition) is 1. The van der Waals surface area contributed by atoms with Crippen molar-refractivity contribution in [1.29, 1.82) is 0 Å². The number of carboxylic acid groups (broad SMARTS) is 1. The molecule has 24 heavy (non-hydrogen) atoms. The van der Waals surface area contributed by atoms with Crippen LogP contribution < -0.4 is 0 Å². The Labute approximate surface area is 140 Å². The largest absolute Gasteiger partial charge is 0.477 e. The molecule has 0 saturated carbocycles. The summed E-state index contributed by atoms with van der Waals surface area (Å²) in [4.78, 5) is 25.4. The van der Waals surface area contributed by atoms with E-state index in [1.807, 2.05) is 0 Å². The average molecular weight is 355 g/mol. The Bertz CT molecular complexity index is 764. The molecule has 132 valence electrons. The van der Waals surface area contributed by atoms with Crippen LogP contribution >= 0.6 is 0 Å².